The Kier molecular flexibility index (Phi) is 3.13. The van der Waals surface area contributed by atoms with E-state index in [2.05, 4.69) is 10.3 Å². The molecule has 0 aliphatic heterocycles. The third kappa shape index (κ3) is 2.83. The van der Waals surface area contributed by atoms with Gasteiger partial charge >= 0.3 is 0 Å². The lowest BCUT2D eigenvalue weighted by molar-refractivity contribution is -0.106. The molecule has 0 aliphatic rings. The molecule has 5 heteroatoms. The van der Waals surface area contributed by atoms with Crippen molar-refractivity contribution in [2.24, 2.45) is 10.3 Å². The Hall–Kier alpha value is -1.39. The summed E-state index contributed by atoms with van der Waals surface area (Å²) in [6.45, 7) is 0. The molecule has 0 aromatic rings. The maximum absolute atomic E-state index is 10.0. The van der Waals surface area contributed by atoms with Crippen LogP contribution in [0.1, 0.15) is 0 Å². The topological polar surface area (TPSA) is 82.2 Å². The first-order valence-corrected chi connectivity index (χ1v) is 1.70. The zero-order valence-corrected chi connectivity index (χ0v) is 3.85. The van der Waals surface area contributed by atoms with Crippen molar-refractivity contribution in [3.8, 4) is 0 Å². The first-order chi connectivity index (χ1) is 3.81. The summed E-state index contributed by atoms with van der Waals surface area (Å²) in [6, 6.07) is 0. The number of hydrogen-bond acceptors (Lipinski definition) is 5. The van der Waals surface area contributed by atoms with Crippen LogP contribution in [0, 0.1) is 0 Å². The molecule has 0 atom stereocenters. The Labute approximate surface area is 44.9 Å². The molecule has 0 aromatic carbocycles. The van der Waals surface area contributed by atoms with Crippen molar-refractivity contribution in [2.75, 3.05) is 0 Å². The second-order valence-corrected chi connectivity index (χ2v) is 0.892. The average molecular weight is 116 g/mol. The molecule has 0 unspecified atom stereocenters. The Morgan fingerprint density at radius 3 is 1.88 bits per heavy atom. The highest BCUT2D eigenvalue weighted by Gasteiger charge is 1.87. The summed E-state index contributed by atoms with van der Waals surface area (Å²) in [5, 5.41) is 20.1. The highest BCUT2D eigenvalue weighted by atomic mass is 16.4. The molecule has 0 saturated carbocycles. The van der Waals surface area contributed by atoms with Crippen LogP contribution in [0.4, 0.5) is 0 Å². The van der Waals surface area contributed by atoms with Gasteiger partial charge in [0.2, 0.25) is 5.78 Å². The van der Waals surface area contributed by atoms with Gasteiger partial charge in [0.15, 0.2) is 0 Å². The van der Waals surface area contributed by atoms with E-state index in [0.29, 0.717) is 12.4 Å². The van der Waals surface area contributed by atoms with Crippen molar-refractivity contribution in [1.82, 2.24) is 0 Å². The van der Waals surface area contributed by atoms with E-state index in [1.54, 1.807) is 0 Å². The highest BCUT2D eigenvalue weighted by molar-refractivity contribution is 6.52. The Morgan fingerprint density at radius 1 is 1.25 bits per heavy atom. The minimum absolute atomic E-state index is 0.611. The SMILES string of the molecule is O=C(/C=N\O)/C=N/O. The number of carbonyl (C=O) groups is 1. The van der Waals surface area contributed by atoms with E-state index in [-0.39, 0.29) is 0 Å². The van der Waals surface area contributed by atoms with Crippen LogP contribution in [0.25, 0.3) is 0 Å². The number of nitrogens with zero attached hydrogens (tertiary/aromatic N) is 2. The third-order valence-corrected chi connectivity index (χ3v) is 0.370. The zero-order chi connectivity index (χ0) is 6.41. The van der Waals surface area contributed by atoms with Gasteiger partial charge < -0.3 is 10.4 Å². The standard InChI is InChI=1S/C3H4N2O3/c6-3(1-4-7)2-5-8/h1-2,7-8H/b4-1-,5-2+. The minimum atomic E-state index is -0.671. The quantitative estimate of drug-likeness (QED) is 0.289. The summed E-state index contributed by atoms with van der Waals surface area (Å²) in [5.74, 6) is -0.671. The van der Waals surface area contributed by atoms with Crippen molar-refractivity contribution < 1.29 is 15.2 Å². The highest BCUT2D eigenvalue weighted by Crippen LogP contribution is 1.58. The first-order valence-electron chi connectivity index (χ1n) is 1.70. The van der Waals surface area contributed by atoms with Gasteiger partial charge in [-0.25, -0.2) is 0 Å². The lowest BCUT2D eigenvalue weighted by atomic mass is 10.5. The predicted octanol–water partition coefficient (Wildman–Crippen LogP) is -0.525. The van der Waals surface area contributed by atoms with Crippen molar-refractivity contribution in [1.29, 1.82) is 0 Å². The summed E-state index contributed by atoms with van der Waals surface area (Å²) in [7, 11) is 0. The maximum atomic E-state index is 10.0. The summed E-state index contributed by atoms with van der Waals surface area (Å²) >= 11 is 0. The molecule has 0 spiro atoms. The molecule has 0 aliphatic carbocycles. The number of carbonyl (C=O) groups excluding carboxylic acids is 1. The Balaban J connectivity index is 3.66. The van der Waals surface area contributed by atoms with Crippen molar-refractivity contribution in [3.05, 3.63) is 0 Å². The number of ketones is 1. The first kappa shape index (κ1) is 6.61. The van der Waals surface area contributed by atoms with Gasteiger partial charge in [0.05, 0.1) is 0 Å². The molecule has 0 amide bonds. The summed E-state index contributed by atoms with van der Waals surface area (Å²) in [5.41, 5.74) is 0. The van der Waals surface area contributed by atoms with Crippen LogP contribution in [-0.4, -0.2) is 28.6 Å². The largest absolute Gasteiger partial charge is 0.411 e. The van der Waals surface area contributed by atoms with Gasteiger partial charge in [-0.2, -0.15) is 0 Å². The van der Waals surface area contributed by atoms with E-state index in [9.17, 15) is 4.79 Å². The smallest absolute Gasteiger partial charge is 0.221 e. The molecule has 44 valence electrons. The maximum Gasteiger partial charge on any atom is 0.221 e. The molecule has 0 bridgehead atoms. The van der Waals surface area contributed by atoms with Gasteiger partial charge in [0.1, 0.15) is 12.4 Å². The van der Waals surface area contributed by atoms with Gasteiger partial charge in [-0.05, 0) is 0 Å². The van der Waals surface area contributed by atoms with E-state index in [1.807, 2.05) is 0 Å². The predicted molar refractivity (Wildman–Crippen MR) is 25.6 cm³/mol. The fourth-order valence-electron chi connectivity index (χ4n) is 0.147. The van der Waals surface area contributed by atoms with Gasteiger partial charge in [-0.3, -0.25) is 4.79 Å². The minimum Gasteiger partial charge on any atom is -0.411 e. The Bertz CT molecular complexity index is 114. The Morgan fingerprint density at radius 2 is 1.62 bits per heavy atom. The third-order valence-electron chi connectivity index (χ3n) is 0.370. The van der Waals surface area contributed by atoms with Crippen LogP contribution >= 0.6 is 0 Å². The summed E-state index contributed by atoms with van der Waals surface area (Å²) in [6.07, 6.45) is 1.22. The van der Waals surface area contributed by atoms with Gasteiger partial charge in [0.25, 0.3) is 0 Å². The van der Waals surface area contributed by atoms with Crippen LogP contribution in [-0.2, 0) is 4.79 Å². The van der Waals surface area contributed by atoms with Crippen LogP contribution in [0.3, 0.4) is 0 Å². The molecule has 0 heterocycles. The van der Waals surface area contributed by atoms with Crippen molar-refractivity contribution in [3.63, 3.8) is 0 Å². The van der Waals surface area contributed by atoms with Crippen LogP contribution in [0.15, 0.2) is 10.3 Å². The fourth-order valence-corrected chi connectivity index (χ4v) is 0.147. The number of rotatable bonds is 2. The van der Waals surface area contributed by atoms with Crippen LogP contribution < -0.4 is 0 Å². The van der Waals surface area contributed by atoms with Crippen LogP contribution in [0.2, 0.25) is 0 Å². The van der Waals surface area contributed by atoms with Crippen molar-refractivity contribution in [2.45, 2.75) is 0 Å². The number of hydrogen-bond donors (Lipinski definition) is 2. The van der Waals surface area contributed by atoms with E-state index in [4.69, 9.17) is 10.4 Å². The van der Waals surface area contributed by atoms with E-state index in [0.717, 1.165) is 0 Å². The summed E-state index contributed by atoms with van der Waals surface area (Å²) < 4.78 is 0. The van der Waals surface area contributed by atoms with E-state index in [1.165, 1.54) is 0 Å². The zero-order valence-electron chi connectivity index (χ0n) is 3.85. The molecule has 0 radical (unpaired) electrons. The average Bonchev–Trinajstić information content (AvgIpc) is 1.68. The molecule has 2 N–H and O–H groups in total. The van der Waals surface area contributed by atoms with Gasteiger partial charge in [-0.15, -0.1) is 0 Å². The van der Waals surface area contributed by atoms with E-state index < -0.39 is 5.78 Å². The number of Topliss-reactive ketones (excluding diaryl/α,β-unsaturated/α-hetero) is 1. The monoisotopic (exact) mass is 116 g/mol. The van der Waals surface area contributed by atoms with Crippen LogP contribution in [0.5, 0.6) is 0 Å². The normalized spacial score (nSPS) is 11.0. The molecule has 0 fully saturated rings. The molecule has 8 heavy (non-hydrogen) atoms. The molecule has 5 nitrogen and oxygen atoms in total. The van der Waals surface area contributed by atoms with Gasteiger partial charge in [0, 0.05) is 0 Å². The number of oxime groups is 2. The fraction of sp³-hybridized carbons (Fsp3) is 0. The molecular formula is C3H4N2O3. The molecule has 0 aromatic heterocycles. The lowest BCUT2D eigenvalue weighted by Gasteiger charge is -1.72. The molecule has 0 saturated heterocycles. The van der Waals surface area contributed by atoms with E-state index >= 15 is 0 Å². The molecule has 0 rings (SSSR count). The summed E-state index contributed by atoms with van der Waals surface area (Å²) in [4.78, 5) is 10.0. The molecular weight excluding hydrogens is 112 g/mol. The lowest BCUT2D eigenvalue weighted by Crippen LogP contribution is -1.99. The second kappa shape index (κ2) is 3.79. The van der Waals surface area contributed by atoms with Crippen molar-refractivity contribution >= 4 is 18.2 Å². The van der Waals surface area contributed by atoms with Gasteiger partial charge in [-0.1, -0.05) is 10.3 Å². The second-order valence-electron chi connectivity index (χ2n) is 0.892.